The number of nitrogens with one attached hydrogen (secondary N) is 1. The molecule has 1 aromatic carbocycles. The van der Waals surface area contributed by atoms with Crippen LogP contribution in [0.2, 0.25) is 0 Å². The van der Waals surface area contributed by atoms with E-state index in [0.717, 1.165) is 5.56 Å². The molecule has 0 spiro atoms. The lowest BCUT2D eigenvalue weighted by atomic mass is 10.1. The fraction of sp³-hybridized carbons (Fsp3) is 0.353. The van der Waals surface area contributed by atoms with Crippen LogP contribution >= 0.6 is 0 Å². The van der Waals surface area contributed by atoms with Gasteiger partial charge < -0.3 is 20.3 Å². The zero-order chi connectivity index (χ0) is 17.4. The van der Waals surface area contributed by atoms with Gasteiger partial charge in [0.25, 0.3) is 0 Å². The molecule has 1 saturated heterocycles. The zero-order valence-electron chi connectivity index (χ0n) is 13.6. The summed E-state index contributed by atoms with van der Waals surface area (Å²) in [6.45, 7) is 2.33. The molecular formula is C17H19N5O3. The van der Waals surface area contributed by atoms with Crippen molar-refractivity contribution in [2.45, 2.75) is 38.0 Å². The van der Waals surface area contributed by atoms with Gasteiger partial charge in [-0.2, -0.15) is 0 Å². The summed E-state index contributed by atoms with van der Waals surface area (Å²) in [5, 5.41) is 23.4. The van der Waals surface area contributed by atoms with Gasteiger partial charge in [-0.3, -0.25) is 4.57 Å². The summed E-state index contributed by atoms with van der Waals surface area (Å²) in [6.07, 6.45) is -0.189. The van der Waals surface area contributed by atoms with Crippen molar-refractivity contribution in [1.82, 2.24) is 19.5 Å². The number of hydrogen-bond acceptors (Lipinski definition) is 7. The average molecular weight is 341 g/mol. The Balaban J connectivity index is 1.62. The molecular weight excluding hydrogens is 322 g/mol. The van der Waals surface area contributed by atoms with Crippen molar-refractivity contribution < 1.29 is 14.9 Å². The second-order valence-electron chi connectivity index (χ2n) is 6.10. The van der Waals surface area contributed by atoms with E-state index in [1.807, 2.05) is 30.3 Å². The van der Waals surface area contributed by atoms with Crippen LogP contribution in [0.5, 0.6) is 0 Å². The molecule has 3 aromatic rings. The van der Waals surface area contributed by atoms with Gasteiger partial charge in [0.1, 0.15) is 18.5 Å². The molecule has 2 aromatic heterocycles. The quantitative estimate of drug-likeness (QED) is 0.652. The molecule has 0 amide bonds. The topological polar surface area (TPSA) is 105 Å². The number of fused-ring (bicyclic) bond motifs is 1. The lowest BCUT2D eigenvalue weighted by molar-refractivity contribution is -0.0299. The SMILES string of the molecule is C[C@H]1O[C@@H](n2cnc3c(NCc4ccccc4)ncnc32)C(O)C1O. The third kappa shape index (κ3) is 2.84. The maximum absolute atomic E-state index is 10.2. The molecule has 0 bridgehead atoms. The van der Waals surface area contributed by atoms with Crippen molar-refractivity contribution in [1.29, 1.82) is 0 Å². The molecule has 3 heterocycles. The first-order chi connectivity index (χ1) is 12.1. The van der Waals surface area contributed by atoms with Crippen LogP contribution in [0.25, 0.3) is 11.2 Å². The normalized spacial score (nSPS) is 26.2. The lowest BCUT2D eigenvalue weighted by Crippen LogP contribution is -2.30. The minimum atomic E-state index is -1.04. The molecule has 4 rings (SSSR count). The molecule has 0 radical (unpaired) electrons. The van der Waals surface area contributed by atoms with Crippen LogP contribution in [0.3, 0.4) is 0 Å². The fourth-order valence-corrected chi connectivity index (χ4v) is 3.01. The second kappa shape index (κ2) is 6.40. The molecule has 2 unspecified atom stereocenters. The molecule has 4 atom stereocenters. The Morgan fingerprint density at radius 1 is 1.12 bits per heavy atom. The standard InChI is InChI=1S/C17H19N5O3/c1-10-13(23)14(24)17(25-10)22-9-21-12-15(19-8-20-16(12)22)18-7-11-5-3-2-4-6-11/h2-6,8-10,13-14,17,23-24H,7H2,1H3,(H,18,19,20)/t10-,13?,14?,17-/m1/s1. The minimum absolute atomic E-state index is 0.463. The number of ether oxygens (including phenoxy) is 1. The van der Waals surface area contributed by atoms with Gasteiger partial charge in [0.15, 0.2) is 23.2 Å². The first kappa shape index (κ1) is 15.9. The van der Waals surface area contributed by atoms with Crippen molar-refractivity contribution in [2.75, 3.05) is 5.32 Å². The Morgan fingerprint density at radius 2 is 1.92 bits per heavy atom. The maximum atomic E-state index is 10.2. The van der Waals surface area contributed by atoms with Crippen LogP contribution in [0.4, 0.5) is 5.82 Å². The largest absolute Gasteiger partial charge is 0.388 e. The molecule has 8 heteroatoms. The predicted molar refractivity (Wildman–Crippen MR) is 90.7 cm³/mol. The molecule has 8 nitrogen and oxygen atoms in total. The molecule has 25 heavy (non-hydrogen) atoms. The monoisotopic (exact) mass is 341 g/mol. The van der Waals surface area contributed by atoms with Gasteiger partial charge in [0.2, 0.25) is 0 Å². The molecule has 1 aliphatic rings. The average Bonchev–Trinajstić information content (AvgIpc) is 3.18. The van der Waals surface area contributed by atoms with Gasteiger partial charge in [0.05, 0.1) is 12.4 Å². The first-order valence-corrected chi connectivity index (χ1v) is 8.12. The van der Waals surface area contributed by atoms with E-state index in [1.54, 1.807) is 17.8 Å². The van der Waals surface area contributed by atoms with Crippen molar-refractivity contribution in [3.63, 3.8) is 0 Å². The smallest absolute Gasteiger partial charge is 0.167 e. The maximum Gasteiger partial charge on any atom is 0.167 e. The van der Waals surface area contributed by atoms with E-state index >= 15 is 0 Å². The van der Waals surface area contributed by atoms with Gasteiger partial charge in [-0.15, -0.1) is 0 Å². The van der Waals surface area contributed by atoms with E-state index in [0.29, 0.717) is 23.5 Å². The third-order valence-corrected chi connectivity index (χ3v) is 4.41. The van der Waals surface area contributed by atoms with Crippen molar-refractivity contribution >= 4 is 17.0 Å². The Bertz CT molecular complexity index is 869. The van der Waals surface area contributed by atoms with E-state index in [1.165, 1.54) is 6.33 Å². The van der Waals surface area contributed by atoms with Crippen LogP contribution in [-0.2, 0) is 11.3 Å². The number of aliphatic hydroxyl groups is 2. The molecule has 1 aliphatic heterocycles. The summed E-state index contributed by atoms with van der Waals surface area (Å²) in [4.78, 5) is 12.9. The molecule has 3 N–H and O–H groups in total. The van der Waals surface area contributed by atoms with Gasteiger partial charge >= 0.3 is 0 Å². The predicted octanol–water partition coefficient (Wildman–Crippen LogP) is 1.08. The van der Waals surface area contributed by atoms with Crippen LogP contribution in [0.15, 0.2) is 43.0 Å². The molecule has 0 aliphatic carbocycles. The van der Waals surface area contributed by atoms with Crippen LogP contribution in [0.1, 0.15) is 18.7 Å². The summed E-state index contributed by atoms with van der Waals surface area (Å²) < 4.78 is 7.28. The van der Waals surface area contributed by atoms with Crippen LogP contribution in [-0.4, -0.2) is 48.0 Å². The van der Waals surface area contributed by atoms with E-state index in [4.69, 9.17) is 4.74 Å². The van der Waals surface area contributed by atoms with E-state index in [9.17, 15) is 10.2 Å². The van der Waals surface area contributed by atoms with Crippen LogP contribution < -0.4 is 5.32 Å². The minimum Gasteiger partial charge on any atom is -0.388 e. The first-order valence-electron chi connectivity index (χ1n) is 8.12. The molecule has 130 valence electrons. The van der Waals surface area contributed by atoms with E-state index in [-0.39, 0.29) is 0 Å². The zero-order valence-corrected chi connectivity index (χ0v) is 13.6. The number of nitrogens with zero attached hydrogens (tertiary/aromatic N) is 4. The third-order valence-electron chi connectivity index (χ3n) is 4.41. The van der Waals surface area contributed by atoms with Gasteiger partial charge in [-0.05, 0) is 12.5 Å². The summed E-state index contributed by atoms with van der Waals surface area (Å²) in [5.41, 5.74) is 2.25. The summed E-state index contributed by atoms with van der Waals surface area (Å²) in [6, 6.07) is 9.97. The number of hydrogen-bond donors (Lipinski definition) is 3. The summed E-state index contributed by atoms with van der Waals surface area (Å²) in [7, 11) is 0. The van der Waals surface area contributed by atoms with Crippen molar-refractivity contribution in [3.8, 4) is 0 Å². The van der Waals surface area contributed by atoms with Gasteiger partial charge in [-0.25, -0.2) is 15.0 Å². The van der Waals surface area contributed by atoms with Crippen molar-refractivity contribution in [2.24, 2.45) is 0 Å². The fourth-order valence-electron chi connectivity index (χ4n) is 3.01. The van der Waals surface area contributed by atoms with Gasteiger partial charge in [-0.1, -0.05) is 30.3 Å². The summed E-state index contributed by atoms with van der Waals surface area (Å²) >= 11 is 0. The summed E-state index contributed by atoms with van der Waals surface area (Å²) in [5.74, 6) is 0.605. The highest BCUT2D eigenvalue weighted by molar-refractivity contribution is 5.82. The number of imidazole rings is 1. The Morgan fingerprint density at radius 3 is 2.64 bits per heavy atom. The number of aliphatic hydroxyl groups excluding tert-OH is 2. The van der Waals surface area contributed by atoms with E-state index in [2.05, 4.69) is 20.3 Å². The number of rotatable bonds is 4. The number of anilines is 1. The Labute approximate surface area is 144 Å². The highest BCUT2D eigenvalue weighted by atomic mass is 16.6. The van der Waals surface area contributed by atoms with Crippen LogP contribution in [0, 0.1) is 0 Å². The van der Waals surface area contributed by atoms with Gasteiger partial charge in [0, 0.05) is 6.54 Å². The molecule has 0 saturated carbocycles. The van der Waals surface area contributed by atoms with Crippen molar-refractivity contribution in [3.05, 3.63) is 48.5 Å². The Kier molecular flexibility index (Phi) is 4.08. The van der Waals surface area contributed by atoms with E-state index < -0.39 is 24.5 Å². The highest BCUT2D eigenvalue weighted by Crippen LogP contribution is 2.31. The number of benzene rings is 1. The highest BCUT2D eigenvalue weighted by Gasteiger charge is 2.42. The number of aromatic nitrogens is 4. The lowest BCUT2D eigenvalue weighted by Gasteiger charge is -2.16. The molecule has 1 fully saturated rings. The second-order valence-corrected chi connectivity index (χ2v) is 6.10. The Hall–Kier alpha value is -2.55.